The lowest BCUT2D eigenvalue weighted by molar-refractivity contribution is -0.139. The van der Waals surface area contributed by atoms with E-state index in [9.17, 15) is 18.0 Å². The van der Waals surface area contributed by atoms with Crippen LogP contribution in [0.1, 0.15) is 5.56 Å². The first-order valence-electron chi connectivity index (χ1n) is 11.8. The van der Waals surface area contributed by atoms with E-state index in [1.54, 1.807) is 54.6 Å². The summed E-state index contributed by atoms with van der Waals surface area (Å²) in [6, 6.07) is 17.2. The number of benzene rings is 3. The van der Waals surface area contributed by atoms with Crippen molar-refractivity contribution in [1.29, 1.82) is 0 Å². The van der Waals surface area contributed by atoms with Crippen molar-refractivity contribution < 1.29 is 41.9 Å². The first-order chi connectivity index (χ1) is 19.3. The number of aromatic nitrogens is 2. The Bertz CT molecular complexity index is 1460. The Morgan fingerprint density at radius 1 is 0.850 bits per heavy atom. The number of urea groups is 1. The molecule has 0 aliphatic heterocycles. The van der Waals surface area contributed by atoms with E-state index in [-0.39, 0.29) is 36.5 Å². The molecule has 210 valence electrons. The number of nitrogens with zero attached hydrogens (tertiary/aromatic N) is 4. The van der Waals surface area contributed by atoms with Crippen molar-refractivity contribution in [3.05, 3.63) is 78.4 Å². The molecule has 0 saturated heterocycles. The van der Waals surface area contributed by atoms with Gasteiger partial charge < -0.3 is 19.0 Å². The average molecular weight is 559 g/mol. The van der Waals surface area contributed by atoms with Crippen molar-refractivity contribution in [3.63, 3.8) is 0 Å². The molecule has 0 unspecified atom stereocenters. The van der Waals surface area contributed by atoms with Gasteiger partial charge in [-0.15, -0.1) is 5.06 Å². The number of carbonyl (C=O) groups excluding carboxylic acids is 1. The largest absolute Gasteiger partial charge is 0.490 e. The number of amides is 2. The summed E-state index contributed by atoms with van der Waals surface area (Å²) in [5.41, 5.74) is -0.303. The van der Waals surface area contributed by atoms with Gasteiger partial charge in [-0.25, -0.2) is 4.79 Å². The monoisotopic (exact) mass is 558 g/mol. The molecule has 40 heavy (non-hydrogen) atoms. The van der Waals surface area contributed by atoms with E-state index in [0.717, 1.165) is 28.3 Å². The van der Waals surface area contributed by atoms with Gasteiger partial charge in [-0.1, -0.05) is 30.3 Å². The molecular weight excluding hydrogens is 533 g/mol. The predicted molar refractivity (Wildman–Crippen MR) is 139 cm³/mol. The number of hydroxylamine groups is 2. The van der Waals surface area contributed by atoms with E-state index in [1.807, 2.05) is 0 Å². The summed E-state index contributed by atoms with van der Waals surface area (Å²) >= 11 is 0. The number of fused-ring (bicyclic) bond motifs is 1. The van der Waals surface area contributed by atoms with Crippen molar-refractivity contribution in [2.24, 2.45) is 0 Å². The maximum atomic E-state index is 13.9. The van der Waals surface area contributed by atoms with E-state index >= 15 is 0 Å². The van der Waals surface area contributed by atoms with Crippen LogP contribution in [0.3, 0.4) is 0 Å². The van der Waals surface area contributed by atoms with Gasteiger partial charge in [-0.3, -0.25) is 4.84 Å². The number of rotatable bonds is 10. The van der Waals surface area contributed by atoms with Crippen LogP contribution in [0.25, 0.3) is 10.9 Å². The minimum Gasteiger partial charge on any atom is -0.490 e. The molecule has 13 heteroatoms. The molecule has 0 aliphatic rings. The SMILES string of the molecule is COCCOc1cc(N(OC)C(=O)N(Oc2nc(OC)nc3ccccc23)c2ccccc2)ccc1C(F)(F)F. The minimum absolute atomic E-state index is 0.00153. The first kappa shape index (κ1) is 28.4. The van der Waals surface area contributed by atoms with Crippen LogP contribution < -0.4 is 24.4 Å². The zero-order chi connectivity index (χ0) is 28.7. The Morgan fingerprint density at radius 2 is 1.57 bits per heavy atom. The maximum Gasteiger partial charge on any atom is 0.419 e. The highest BCUT2D eigenvalue weighted by molar-refractivity contribution is 6.01. The van der Waals surface area contributed by atoms with Gasteiger partial charge in [-0.05, 0) is 36.4 Å². The van der Waals surface area contributed by atoms with Gasteiger partial charge in [0.15, 0.2) is 0 Å². The number of anilines is 2. The lowest BCUT2D eigenvalue weighted by Gasteiger charge is -2.28. The van der Waals surface area contributed by atoms with Crippen LogP contribution in [-0.4, -0.2) is 50.5 Å². The molecule has 0 N–H and O–H groups in total. The number of ether oxygens (including phenoxy) is 3. The third kappa shape index (κ3) is 6.33. The molecule has 10 nitrogen and oxygen atoms in total. The summed E-state index contributed by atoms with van der Waals surface area (Å²) < 4.78 is 56.3. The standard InChI is InChI=1S/C27H25F3N4O6/c1-36-15-16-39-23-17-19(13-14-21(23)27(28,29)30)33(38-3)26(35)34(18-9-5-4-6-10-18)40-24-20-11-7-8-12-22(20)31-25(32-24)37-2/h4-14,17H,15-16H2,1-3H3. The van der Waals surface area contributed by atoms with E-state index in [1.165, 1.54) is 21.3 Å². The Morgan fingerprint density at radius 3 is 2.25 bits per heavy atom. The molecule has 3 aromatic carbocycles. The molecule has 0 atom stereocenters. The zero-order valence-corrected chi connectivity index (χ0v) is 21.7. The van der Waals surface area contributed by atoms with E-state index in [4.69, 9.17) is 23.9 Å². The fourth-order valence-electron chi connectivity index (χ4n) is 3.64. The highest BCUT2D eigenvalue weighted by Gasteiger charge is 2.36. The van der Waals surface area contributed by atoms with Crippen LogP contribution in [0.4, 0.5) is 29.3 Å². The number of para-hydroxylation sites is 2. The Kier molecular flexibility index (Phi) is 8.86. The number of methoxy groups -OCH3 is 2. The van der Waals surface area contributed by atoms with Gasteiger partial charge in [0.1, 0.15) is 12.4 Å². The first-order valence-corrected chi connectivity index (χ1v) is 11.8. The summed E-state index contributed by atoms with van der Waals surface area (Å²) in [5.74, 6) is -0.512. The quantitative estimate of drug-likeness (QED) is 0.182. The molecule has 0 fully saturated rings. The van der Waals surface area contributed by atoms with Crippen molar-refractivity contribution in [1.82, 2.24) is 9.97 Å². The number of alkyl halides is 3. The van der Waals surface area contributed by atoms with Gasteiger partial charge in [0, 0.05) is 13.2 Å². The Hall–Kier alpha value is -4.62. The van der Waals surface area contributed by atoms with E-state index < -0.39 is 23.5 Å². The fraction of sp³-hybridized carbons (Fsp3) is 0.222. The van der Waals surface area contributed by atoms with Gasteiger partial charge >= 0.3 is 18.2 Å². The number of halogens is 3. The van der Waals surface area contributed by atoms with Crippen LogP contribution in [-0.2, 0) is 15.8 Å². The molecule has 1 heterocycles. The summed E-state index contributed by atoms with van der Waals surface area (Å²) in [5, 5.41) is 2.13. The average Bonchev–Trinajstić information content (AvgIpc) is 2.96. The van der Waals surface area contributed by atoms with Crippen LogP contribution in [0.2, 0.25) is 0 Å². The highest BCUT2D eigenvalue weighted by atomic mass is 19.4. The van der Waals surface area contributed by atoms with E-state index in [0.29, 0.717) is 10.9 Å². The molecule has 0 radical (unpaired) electrons. The second kappa shape index (κ2) is 12.5. The number of carbonyl (C=O) groups is 1. The van der Waals surface area contributed by atoms with Gasteiger partial charge in [0.05, 0.1) is 48.7 Å². The van der Waals surface area contributed by atoms with Crippen molar-refractivity contribution in [2.45, 2.75) is 6.18 Å². The second-order valence-corrected chi connectivity index (χ2v) is 8.03. The molecule has 4 aromatic rings. The molecule has 0 aliphatic carbocycles. The summed E-state index contributed by atoms with van der Waals surface area (Å²) in [6.45, 7) is -0.0910. The summed E-state index contributed by atoms with van der Waals surface area (Å²) in [4.78, 5) is 33.7. The molecule has 1 aromatic heterocycles. The summed E-state index contributed by atoms with van der Waals surface area (Å²) in [7, 11) is 3.97. The topological polar surface area (TPSA) is 95.5 Å². The smallest absolute Gasteiger partial charge is 0.419 e. The number of hydrogen-bond donors (Lipinski definition) is 0. The lowest BCUT2D eigenvalue weighted by Crippen LogP contribution is -2.45. The molecule has 0 saturated carbocycles. The Balaban J connectivity index is 1.76. The fourth-order valence-corrected chi connectivity index (χ4v) is 3.64. The second-order valence-electron chi connectivity index (χ2n) is 8.03. The molecule has 4 rings (SSSR count). The summed E-state index contributed by atoms with van der Waals surface area (Å²) in [6.07, 6.45) is -4.70. The normalized spacial score (nSPS) is 11.2. The maximum absolute atomic E-state index is 13.9. The van der Waals surface area contributed by atoms with Crippen molar-refractivity contribution in [2.75, 3.05) is 44.7 Å². The number of hydrogen-bond acceptors (Lipinski definition) is 8. The highest BCUT2D eigenvalue weighted by Crippen LogP contribution is 2.39. The minimum atomic E-state index is -4.70. The zero-order valence-electron chi connectivity index (χ0n) is 21.7. The van der Waals surface area contributed by atoms with Crippen molar-refractivity contribution >= 4 is 28.3 Å². The van der Waals surface area contributed by atoms with Crippen molar-refractivity contribution in [3.8, 4) is 17.6 Å². The molecule has 0 spiro atoms. The van der Waals surface area contributed by atoms with Gasteiger partial charge in [0.25, 0.3) is 5.88 Å². The van der Waals surface area contributed by atoms with Crippen LogP contribution >= 0.6 is 0 Å². The third-order valence-electron chi connectivity index (χ3n) is 5.48. The molecule has 0 bridgehead atoms. The van der Waals surface area contributed by atoms with Gasteiger partial charge in [-0.2, -0.15) is 28.2 Å². The predicted octanol–water partition coefficient (Wildman–Crippen LogP) is 5.67. The lowest BCUT2D eigenvalue weighted by atomic mass is 10.1. The molecule has 2 amide bonds. The van der Waals surface area contributed by atoms with Crippen LogP contribution in [0, 0.1) is 0 Å². The van der Waals surface area contributed by atoms with Crippen LogP contribution in [0.5, 0.6) is 17.6 Å². The van der Waals surface area contributed by atoms with E-state index in [2.05, 4.69) is 9.97 Å². The van der Waals surface area contributed by atoms with Crippen LogP contribution in [0.15, 0.2) is 72.8 Å². The third-order valence-corrected chi connectivity index (χ3v) is 5.48. The Labute approximate surface area is 227 Å². The molecular formula is C27H25F3N4O6. The van der Waals surface area contributed by atoms with Gasteiger partial charge in [0.2, 0.25) is 0 Å².